The highest BCUT2D eigenvalue weighted by atomic mass is 32.3. The molecular formula is C19H46N2O4S. The number of nitrogens with zero attached hydrogens (tertiary/aromatic N) is 1. The summed E-state index contributed by atoms with van der Waals surface area (Å²) in [5.41, 5.74) is 0. The molecule has 0 unspecified atom stereocenters. The summed E-state index contributed by atoms with van der Waals surface area (Å²) in [5.74, 6) is 0. The van der Waals surface area contributed by atoms with Crippen LogP contribution < -0.4 is 6.15 Å². The Labute approximate surface area is 163 Å². The SMILES string of the molecule is CCCCCCCCCCCCCCCC[N+](C)(C)C.N.O=S(=O)([O-])O. The molecule has 0 rings (SSSR count). The molecule has 0 aliphatic carbocycles. The zero-order chi connectivity index (χ0) is 19.6. The van der Waals surface area contributed by atoms with Crippen molar-refractivity contribution in [2.24, 2.45) is 0 Å². The van der Waals surface area contributed by atoms with Crippen LogP contribution in [-0.2, 0) is 10.4 Å². The van der Waals surface area contributed by atoms with E-state index in [0.29, 0.717) is 0 Å². The van der Waals surface area contributed by atoms with Crippen LogP contribution in [0.2, 0.25) is 0 Å². The number of rotatable bonds is 15. The summed E-state index contributed by atoms with van der Waals surface area (Å²) in [5, 5.41) is 0. The Morgan fingerprint density at radius 2 is 0.923 bits per heavy atom. The summed E-state index contributed by atoms with van der Waals surface area (Å²) in [7, 11) is 1.97. The van der Waals surface area contributed by atoms with Gasteiger partial charge in [0, 0.05) is 0 Å². The van der Waals surface area contributed by atoms with Crippen molar-refractivity contribution in [3.05, 3.63) is 0 Å². The van der Waals surface area contributed by atoms with Gasteiger partial charge in [0.15, 0.2) is 0 Å². The summed E-state index contributed by atoms with van der Waals surface area (Å²) in [6, 6.07) is 0. The molecule has 0 aliphatic rings. The first-order chi connectivity index (χ1) is 11.6. The third-order valence-corrected chi connectivity index (χ3v) is 4.18. The molecule has 26 heavy (non-hydrogen) atoms. The Morgan fingerprint density at radius 3 is 1.15 bits per heavy atom. The maximum atomic E-state index is 8.63. The lowest BCUT2D eigenvalue weighted by Crippen LogP contribution is -2.35. The second kappa shape index (κ2) is 19.5. The van der Waals surface area contributed by atoms with Crippen LogP contribution in [0.1, 0.15) is 96.8 Å². The Balaban J connectivity index is -0.000000772. The summed E-state index contributed by atoms with van der Waals surface area (Å²) in [6.07, 6.45) is 20.4. The molecule has 0 aliphatic heterocycles. The maximum absolute atomic E-state index is 8.63. The highest BCUT2D eigenvalue weighted by Gasteiger charge is 2.04. The normalized spacial score (nSPS) is 11.5. The third-order valence-electron chi connectivity index (χ3n) is 4.18. The second-order valence-electron chi connectivity index (χ2n) is 8.04. The van der Waals surface area contributed by atoms with Gasteiger partial charge >= 0.3 is 0 Å². The number of hydrogen-bond donors (Lipinski definition) is 2. The zero-order valence-electron chi connectivity index (χ0n) is 17.8. The van der Waals surface area contributed by atoms with Crippen molar-refractivity contribution < 1.29 is 22.0 Å². The average molecular weight is 399 g/mol. The smallest absolute Gasteiger partial charge is 0.215 e. The van der Waals surface area contributed by atoms with E-state index in [1.165, 1.54) is 96.4 Å². The third kappa shape index (κ3) is 43.8. The Hall–Kier alpha value is -0.210. The van der Waals surface area contributed by atoms with Gasteiger partial charge in [0.25, 0.3) is 0 Å². The fraction of sp³-hybridized carbons (Fsp3) is 1.00. The van der Waals surface area contributed by atoms with Gasteiger partial charge in [-0.1, -0.05) is 84.0 Å². The maximum Gasteiger partial charge on any atom is 0.215 e. The predicted octanol–water partition coefficient (Wildman–Crippen LogP) is 5.34. The molecule has 0 aromatic heterocycles. The standard InChI is InChI=1S/C19H42N.H3N.H2O4S/c1-5-6-7-8-9-10-11-12-13-14-15-16-17-18-19-20(2,3)4;;1-5(2,3)4/h5-19H2,1-4H3;1H3;(H2,1,2,3,4)/q+1;;/p-1. The van der Waals surface area contributed by atoms with E-state index in [1.807, 2.05) is 0 Å². The Kier molecular flexibility index (Phi) is 22.9. The second-order valence-corrected chi connectivity index (χ2v) is 8.89. The number of quaternary nitrogens is 1. The Bertz CT molecular complexity index is 360. The van der Waals surface area contributed by atoms with E-state index in [2.05, 4.69) is 28.1 Å². The van der Waals surface area contributed by atoms with Gasteiger partial charge in [0.05, 0.1) is 27.7 Å². The number of hydrogen-bond acceptors (Lipinski definition) is 4. The van der Waals surface area contributed by atoms with Crippen molar-refractivity contribution in [3.63, 3.8) is 0 Å². The molecule has 0 spiro atoms. The molecule has 0 radical (unpaired) electrons. The molecule has 0 saturated heterocycles. The van der Waals surface area contributed by atoms with Crippen LogP contribution in [0.4, 0.5) is 0 Å². The Morgan fingerprint density at radius 1 is 0.692 bits per heavy atom. The summed E-state index contributed by atoms with van der Waals surface area (Å²) >= 11 is 0. The van der Waals surface area contributed by atoms with E-state index < -0.39 is 10.4 Å². The molecule has 4 N–H and O–H groups in total. The fourth-order valence-corrected chi connectivity index (χ4v) is 2.78. The van der Waals surface area contributed by atoms with Gasteiger partial charge in [0.2, 0.25) is 10.4 Å². The molecule has 0 fully saturated rings. The average Bonchev–Trinajstić information content (AvgIpc) is 2.45. The molecule has 7 heteroatoms. The molecule has 162 valence electrons. The van der Waals surface area contributed by atoms with Crippen LogP contribution in [0, 0.1) is 0 Å². The van der Waals surface area contributed by atoms with Crippen LogP contribution >= 0.6 is 0 Å². The van der Waals surface area contributed by atoms with E-state index in [9.17, 15) is 0 Å². The van der Waals surface area contributed by atoms with Crippen molar-refractivity contribution in [1.82, 2.24) is 6.15 Å². The molecule has 0 saturated carbocycles. The highest BCUT2D eigenvalue weighted by molar-refractivity contribution is 7.79. The zero-order valence-corrected chi connectivity index (χ0v) is 18.7. The predicted molar refractivity (Wildman–Crippen MR) is 111 cm³/mol. The fourth-order valence-electron chi connectivity index (χ4n) is 2.78. The topological polar surface area (TPSA) is 112 Å². The lowest BCUT2D eigenvalue weighted by Gasteiger charge is -2.23. The quantitative estimate of drug-likeness (QED) is 0.167. The van der Waals surface area contributed by atoms with Crippen molar-refractivity contribution in [1.29, 1.82) is 0 Å². The molecule has 0 bridgehead atoms. The molecule has 6 nitrogen and oxygen atoms in total. The largest absolute Gasteiger partial charge is 0.726 e. The molecular weight excluding hydrogens is 352 g/mol. The minimum absolute atomic E-state index is 0. The van der Waals surface area contributed by atoms with E-state index >= 15 is 0 Å². The number of unbranched alkanes of at least 4 members (excludes halogenated alkanes) is 13. The summed E-state index contributed by atoms with van der Waals surface area (Å²) in [6.45, 7) is 3.63. The summed E-state index contributed by atoms with van der Waals surface area (Å²) < 4.78 is 34.0. The molecule has 0 atom stereocenters. The first-order valence-corrected chi connectivity index (χ1v) is 11.4. The molecule has 0 heterocycles. The van der Waals surface area contributed by atoms with Crippen LogP contribution in [0.3, 0.4) is 0 Å². The highest BCUT2D eigenvalue weighted by Crippen LogP contribution is 2.13. The molecule has 0 aromatic carbocycles. The van der Waals surface area contributed by atoms with Gasteiger partial charge < -0.3 is 15.2 Å². The van der Waals surface area contributed by atoms with E-state index in [0.717, 1.165) is 4.48 Å². The van der Waals surface area contributed by atoms with Crippen LogP contribution in [-0.4, -0.2) is 49.7 Å². The first-order valence-electron chi connectivity index (χ1n) is 10.0. The van der Waals surface area contributed by atoms with Crippen molar-refractivity contribution in [2.45, 2.75) is 96.8 Å². The van der Waals surface area contributed by atoms with E-state index in [-0.39, 0.29) is 6.15 Å². The van der Waals surface area contributed by atoms with E-state index in [1.54, 1.807) is 0 Å². The van der Waals surface area contributed by atoms with Crippen LogP contribution in [0.15, 0.2) is 0 Å². The monoisotopic (exact) mass is 398 g/mol. The molecule has 0 amide bonds. The van der Waals surface area contributed by atoms with Gasteiger partial charge in [0.1, 0.15) is 0 Å². The van der Waals surface area contributed by atoms with Gasteiger partial charge in [-0.15, -0.1) is 0 Å². The van der Waals surface area contributed by atoms with Crippen molar-refractivity contribution >= 4 is 10.4 Å². The molecule has 0 aromatic rings. The van der Waals surface area contributed by atoms with Gasteiger partial charge in [-0.25, -0.2) is 8.42 Å². The minimum atomic E-state index is -4.92. The van der Waals surface area contributed by atoms with Crippen LogP contribution in [0.25, 0.3) is 0 Å². The van der Waals surface area contributed by atoms with Gasteiger partial charge in [-0.05, 0) is 12.8 Å². The van der Waals surface area contributed by atoms with Gasteiger partial charge in [-0.3, -0.25) is 4.55 Å². The lowest BCUT2D eigenvalue weighted by molar-refractivity contribution is -0.870. The first kappa shape index (κ1) is 30.5. The van der Waals surface area contributed by atoms with Crippen LogP contribution in [0.5, 0.6) is 0 Å². The van der Waals surface area contributed by atoms with Crippen molar-refractivity contribution in [2.75, 3.05) is 27.7 Å². The van der Waals surface area contributed by atoms with Gasteiger partial charge in [-0.2, -0.15) is 0 Å². The minimum Gasteiger partial charge on any atom is -0.726 e. The summed E-state index contributed by atoms with van der Waals surface area (Å²) in [4.78, 5) is 0. The van der Waals surface area contributed by atoms with E-state index in [4.69, 9.17) is 17.5 Å². The van der Waals surface area contributed by atoms with Crippen molar-refractivity contribution in [3.8, 4) is 0 Å². The lowest BCUT2D eigenvalue weighted by atomic mass is 10.0.